The van der Waals surface area contributed by atoms with Crippen molar-refractivity contribution >= 4 is 0 Å². The molecule has 1 aliphatic carbocycles. The van der Waals surface area contributed by atoms with Gasteiger partial charge in [-0.1, -0.05) is 12.2 Å². The molecule has 2 bridgehead atoms. The van der Waals surface area contributed by atoms with Crippen molar-refractivity contribution in [3.8, 4) is 11.5 Å². The van der Waals surface area contributed by atoms with E-state index in [1.54, 1.807) is 7.11 Å². The standard InChI is InChI=1S/C17H19NO3/c1-19-12-2-3-17-4-5-18(16(17)7-12)9-11-6-14-15(8-13(11)17)21-10-20-14/h2-3,6,8,12,16H,4-5,7,9-10H2,1H3/t12-,16+,17+/m1/s1. The fourth-order valence-electron chi connectivity index (χ4n) is 4.64. The Bertz CT molecular complexity index is 641. The van der Waals surface area contributed by atoms with Gasteiger partial charge >= 0.3 is 0 Å². The Balaban J connectivity index is 1.69. The van der Waals surface area contributed by atoms with E-state index in [2.05, 4.69) is 29.2 Å². The first-order chi connectivity index (χ1) is 10.3. The Morgan fingerprint density at radius 3 is 3.00 bits per heavy atom. The third kappa shape index (κ3) is 1.47. The first kappa shape index (κ1) is 12.1. The van der Waals surface area contributed by atoms with Gasteiger partial charge in [0.1, 0.15) is 0 Å². The van der Waals surface area contributed by atoms with Gasteiger partial charge in [-0.05, 0) is 36.1 Å². The SMILES string of the molecule is CO[C@@H]1C=C[C@]23CCN(Cc4cc5c(cc42)OCO5)[C@H]3C1. The van der Waals surface area contributed by atoms with Crippen molar-refractivity contribution in [2.45, 2.75) is 36.9 Å². The van der Waals surface area contributed by atoms with Gasteiger partial charge in [0, 0.05) is 31.7 Å². The normalized spacial score (nSPS) is 38.2. The van der Waals surface area contributed by atoms with Crippen LogP contribution in [0.5, 0.6) is 11.5 Å². The lowest BCUT2D eigenvalue weighted by Gasteiger charge is -2.45. The fourth-order valence-corrected chi connectivity index (χ4v) is 4.64. The summed E-state index contributed by atoms with van der Waals surface area (Å²) < 4.78 is 16.7. The number of benzene rings is 1. The number of fused-ring (bicyclic) bond motifs is 2. The van der Waals surface area contributed by atoms with E-state index in [0.29, 0.717) is 12.8 Å². The number of hydrogen-bond acceptors (Lipinski definition) is 4. The van der Waals surface area contributed by atoms with E-state index in [0.717, 1.165) is 31.0 Å². The van der Waals surface area contributed by atoms with E-state index in [1.165, 1.54) is 17.5 Å². The summed E-state index contributed by atoms with van der Waals surface area (Å²) in [6.45, 7) is 2.52. The Hall–Kier alpha value is -1.52. The van der Waals surface area contributed by atoms with E-state index >= 15 is 0 Å². The second-order valence-corrected chi connectivity index (χ2v) is 6.51. The van der Waals surface area contributed by atoms with Gasteiger partial charge in [0.05, 0.1) is 6.10 Å². The molecule has 3 heterocycles. The van der Waals surface area contributed by atoms with Gasteiger partial charge in [-0.15, -0.1) is 0 Å². The number of rotatable bonds is 1. The molecule has 0 amide bonds. The first-order valence-corrected chi connectivity index (χ1v) is 7.69. The number of nitrogens with zero attached hydrogens (tertiary/aromatic N) is 1. The highest BCUT2D eigenvalue weighted by Gasteiger charge is 2.53. The summed E-state index contributed by atoms with van der Waals surface area (Å²) in [6.07, 6.45) is 7.17. The summed E-state index contributed by atoms with van der Waals surface area (Å²) in [5.41, 5.74) is 2.98. The molecule has 0 saturated carbocycles. The molecule has 1 fully saturated rings. The van der Waals surface area contributed by atoms with Gasteiger partial charge in [-0.2, -0.15) is 0 Å². The van der Waals surface area contributed by atoms with Gasteiger partial charge < -0.3 is 14.2 Å². The third-order valence-corrected chi connectivity index (χ3v) is 5.69. The van der Waals surface area contributed by atoms with Crippen molar-refractivity contribution < 1.29 is 14.2 Å². The zero-order chi connectivity index (χ0) is 14.0. The molecule has 0 spiro atoms. The predicted molar refractivity (Wildman–Crippen MR) is 77.6 cm³/mol. The molecule has 4 atom stereocenters. The average Bonchev–Trinajstić information content (AvgIpc) is 3.07. The second kappa shape index (κ2) is 4.02. The Kier molecular flexibility index (Phi) is 2.31. The minimum Gasteiger partial charge on any atom is -0.454 e. The molecule has 5 rings (SSSR count). The molecule has 0 radical (unpaired) electrons. The van der Waals surface area contributed by atoms with Crippen LogP contribution in [0.2, 0.25) is 0 Å². The third-order valence-electron chi connectivity index (χ3n) is 5.69. The van der Waals surface area contributed by atoms with Crippen LogP contribution in [0, 0.1) is 0 Å². The highest BCUT2D eigenvalue weighted by Crippen LogP contribution is 2.53. The molecule has 1 aromatic carbocycles. The van der Waals surface area contributed by atoms with Gasteiger partial charge in [0.2, 0.25) is 6.79 Å². The van der Waals surface area contributed by atoms with Gasteiger partial charge in [-0.3, -0.25) is 4.90 Å². The number of methoxy groups -OCH3 is 1. The van der Waals surface area contributed by atoms with Crippen molar-refractivity contribution in [3.63, 3.8) is 0 Å². The van der Waals surface area contributed by atoms with E-state index in [1.807, 2.05) is 0 Å². The van der Waals surface area contributed by atoms with E-state index in [-0.39, 0.29) is 11.5 Å². The summed E-state index contributed by atoms with van der Waals surface area (Å²) in [7, 11) is 1.80. The largest absolute Gasteiger partial charge is 0.454 e. The van der Waals surface area contributed by atoms with Crippen LogP contribution in [-0.2, 0) is 16.7 Å². The fraction of sp³-hybridized carbons (Fsp3) is 0.529. The number of ether oxygens (including phenoxy) is 3. The summed E-state index contributed by atoms with van der Waals surface area (Å²) in [4.78, 5) is 2.61. The molecule has 110 valence electrons. The van der Waals surface area contributed by atoms with Crippen LogP contribution >= 0.6 is 0 Å². The minimum atomic E-state index is 0.142. The van der Waals surface area contributed by atoms with Crippen LogP contribution in [0.15, 0.2) is 24.3 Å². The smallest absolute Gasteiger partial charge is 0.231 e. The van der Waals surface area contributed by atoms with Crippen molar-refractivity contribution in [1.82, 2.24) is 4.90 Å². The molecule has 3 aliphatic heterocycles. The molecule has 1 unspecified atom stereocenters. The maximum atomic E-state index is 5.61. The first-order valence-electron chi connectivity index (χ1n) is 7.69. The average molecular weight is 285 g/mol. The molecule has 21 heavy (non-hydrogen) atoms. The summed E-state index contributed by atoms with van der Waals surface area (Å²) in [5.74, 6) is 1.81. The molecular formula is C17H19NO3. The maximum Gasteiger partial charge on any atom is 0.231 e. The predicted octanol–water partition coefficient (Wildman–Crippen LogP) is 2.22. The van der Waals surface area contributed by atoms with Crippen LogP contribution in [-0.4, -0.2) is 37.5 Å². The van der Waals surface area contributed by atoms with Gasteiger partial charge in [0.25, 0.3) is 0 Å². The van der Waals surface area contributed by atoms with Gasteiger partial charge in [-0.25, -0.2) is 0 Å². The Labute approximate surface area is 124 Å². The Morgan fingerprint density at radius 1 is 1.29 bits per heavy atom. The molecule has 1 aromatic rings. The van der Waals surface area contributed by atoms with E-state index in [4.69, 9.17) is 14.2 Å². The van der Waals surface area contributed by atoms with Crippen LogP contribution in [0.4, 0.5) is 0 Å². The quantitative estimate of drug-likeness (QED) is 0.740. The molecule has 4 aliphatic rings. The topological polar surface area (TPSA) is 30.9 Å². The molecule has 0 aromatic heterocycles. The second-order valence-electron chi connectivity index (χ2n) is 6.51. The molecular weight excluding hydrogens is 266 g/mol. The Morgan fingerprint density at radius 2 is 2.14 bits per heavy atom. The number of hydrogen-bond donors (Lipinski definition) is 0. The highest BCUT2D eigenvalue weighted by atomic mass is 16.7. The minimum absolute atomic E-state index is 0.142. The van der Waals surface area contributed by atoms with E-state index < -0.39 is 0 Å². The molecule has 4 heteroatoms. The van der Waals surface area contributed by atoms with E-state index in [9.17, 15) is 0 Å². The van der Waals surface area contributed by atoms with Crippen molar-refractivity contribution in [2.75, 3.05) is 20.4 Å². The molecule has 0 N–H and O–H groups in total. The summed E-state index contributed by atoms with van der Waals surface area (Å²) >= 11 is 0. The summed E-state index contributed by atoms with van der Waals surface area (Å²) in [6, 6.07) is 4.97. The van der Waals surface area contributed by atoms with Crippen LogP contribution < -0.4 is 9.47 Å². The lowest BCUT2D eigenvalue weighted by molar-refractivity contribution is 0.0750. The lowest BCUT2D eigenvalue weighted by Crippen LogP contribution is -2.49. The van der Waals surface area contributed by atoms with Crippen molar-refractivity contribution in [1.29, 1.82) is 0 Å². The molecule has 1 saturated heterocycles. The van der Waals surface area contributed by atoms with Crippen LogP contribution in [0.3, 0.4) is 0 Å². The monoisotopic (exact) mass is 285 g/mol. The van der Waals surface area contributed by atoms with Gasteiger partial charge in [0.15, 0.2) is 11.5 Å². The van der Waals surface area contributed by atoms with Crippen LogP contribution in [0.25, 0.3) is 0 Å². The van der Waals surface area contributed by atoms with Crippen LogP contribution in [0.1, 0.15) is 24.0 Å². The van der Waals surface area contributed by atoms with Crippen molar-refractivity contribution in [2.24, 2.45) is 0 Å². The highest BCUT2D eigenvalue weighted by molar-refractivity contribution is 5.55. The van der Waals surface area contributed by atoms with Crippen molar-refractivity contribution in [3.05, 3.63) is 35.4 Å². The zero-order valence-corrected chi connectivity index (χ0v) is 12.2. The molecule has 4 nitrogen and oxygen atoms in total. The lowest BCUT2D eigenvalue weighted by atomic mass is 9.66. The zero-order valence-electron chi connectivity index (χ0n) is 12.2. The maximum absolute atomic E-state index is 5.61. The summed E-state index contributed by atoms with van der Waals surface area (Å²) in [5, 5.41) is 0.